The van der Waals surface area contributed by atoms with E-state index < -0.39 is 16.5 Å². The van der Waals surface area contributed by atoms with Crippen LogP contribution in [0.5, 0.6) is 17.2 Å². The quantitative estimate of drug-likeness (QED) is 0.519. The average Bonchev–Trinajstić information content (AvgIpc) is 2.52. The number of ether oxygens (including phenoxy) is 3. The smallest absolute Gasteiger partial charge is 0.203 e. The second-order valence-electron chi connectivity index (χ2n) is 4.16. The van der Waals surface area contributed by atoms with E-state index in [9.17, 15) is 19.8 Å². The van der Waals surface area contributed by atoms with Gasteiger partial charge in [0, 0.05) is 11.5 Å². The number of carbonyl (C=O) groups excluding carboxylic acids is 2. The monoisotopic (exact) mass is 360 g/mol. The molecule has 0 heterocycles. The predicted octanol–water partition coefficient (Wildman–Crippen LogP) is -0.323. The van der Waals surface area contributed by atoms with Gasteiger partial charge in [-0.1, -0.05) is 0 Å². The van der Waals surface area contributed by atoms with Crippen molar-refractivity contribution in [1.82, 2.24) is 0 Å². The molecule has 0 fully saturated rings. The number of benzene rings is 1. The maximum absolute atomic E-state index is 10.7. The summed E-state index contributed by atoms with van der Waals surface area (Å²) in [6.45, 7) is 0. The lowest BCUT2D eigenvalue weighted by atomic mass is 10.2. The van der Waals surface area contributed by atoms with Gasteiger partial charge < -0.3 is 34.0 Å². The van der Waals surface area contributed by atoms with E-state index in [2.05, 4.69) is 0 Å². The number of aliphatic carboxylic acids is 2. The average molecular weight is 360 g/mol. The van der Waals surface area contributed by atoms with Crippen molar-refractivity contribution in [2.24, 2.45) is 0 Å². The van der Waals surface area contributed by atoms with E-state index in [0.29, 0.717) is 22.8 Å². The molecule has 9 heteroatoms. The zero-order valence-electron chi connectivity index (χ0n) is 12.8. The van der Waals surface area contributed by atoms with Crippen LogP contribution in [0.3, 0.4) is 0 Å². The van der Waals surface area contributed by atoms with Gasteiger partial charge in [0.25, 0.3) is 0 Å². The molecule has 0 N–H and O–H groups in total. The Hall–Kier alpha value is -1.74. The lowest BCUT2D eigenvalue weighted by Crippen LogP contribution is -2.26. The minimum Gasteiger partial charge on any atom is -0.549 e. The van der Waals surface area contributed by atoms with Gasteiger partial charge in [-0.25, -0.2) is 0 Å². The molecule has 0 amide bonds. The van der Waals surface area contributed by atoms with Gasteiger partial charge >= 0.3 is 0 Å². The standard InChI is InChI=1S/C14H18O7S2/c1-19-9-4-8(5-10(20-2)13(9)21-3)14(22-6-11(15)16)23-7-12(17)18/h4-5,14H,6-7H2,1-3H3,(H,15,16)(H,17,18)/p-2. The summed E-state index contributed by atoms with van der Waals surface area (Å²) in [6.07, 6.45) is 0. The summed E-state index contributed by atoms with van der Waals surface area (Å²) in [5.41, 5.74) is 0.636. The summed E-state index contributed by atoms with van der Waals surface area (Å²) in [5.74, 6) is -1.83. The van der Waals surface area contributed by atoms with Gasteiger partial charge in [0.2, 0.25) is 5.75 Å². The summed E-state index contributed by atoms with van der Waals surface area (Å²) >= 11 is 2.07. The predicted molar refractivity (Wildman–Crippen MR) is 83.8 cm³/mol. The SMILES string of the molecule is COc1cc(C(SCC(=O)[O-])SCC(=O)[O-])cc(OC)c1OC. The zero-order valence-corrected chi connectivity index (χ0v) is 14.5. The van der Waals surface area contributed by atoms with Crippen LogP contribution in [0.15, 0.2) is 12.1 Å². The molecule has 23 heavy (non-hydrogen) atoms. The normalized spacial score (nSPS) is 10.4. The van der Waals surface area contributed by atoms with Crippen molar-refractivity contribution in [1.29, 1.82) is 0 Å². The van der Waals surface area contributed by atoms with Crippen LogP contribution in [-0.2, 0) is 9.59 Å². The zero-order chi connectivity index (χ0) is 17.4. The van der Waals surface area contributed by atoms with Crippen molar-refractivity contribution in [3.05, 3.63) is 17.7 Å². The topological polar surface area (TPSA) is 108 Å². The van der Waals surface area contributed by atoms with Crippen LogP contribution in [0.2, 0.25) is 0 Å². The van der Waals surface area contributed by atoms with Gasteiger partial charge in [0.1, 0.15) is 0 Å². The van der Waals surface area contributed by atoms with Crippen LogP contribution in [0, 0.1) is 0 Å². The summed E-state index contributed by atoms with van der Waals surface area (Å²) in [5, 5.41) is 21.4. The van der Waals surface area contributed by atoms with E-state index in [-0.39, 0.29) is 11.5 Å². The minimum atomic E-state index is -1.23. The van der Waals surface area contributed by atoms with Crippen molar-refractivity contribution in [3.8, 4) is 17.2 Å². The second kappa shape index (κ2) is 9.41. The Morgan fingerprint density at radius 2 is 1.39 bits per heavy atom. The molecule has 0 aliphatic carbocycles. The van der Waals surface area contributed by atoms with Crippen molar-refractivity contribution in [2.45, 2.75) is 4.58 Å². The number of carboxylic acids is 2. The Bertz CT molecular complexity index is 519. The highest BCUT2D eigenvalue weighted by Crippen LogP contribution is 2.46. The van der Waals surface area contributed by atoms with E-state index in [1.54, 1.807) is 12.1 Å². The lowest BCUT2D eigenvalue weighted by molar-refractivity contribution is -0.302. The van der Waals surface area contributed by atoms with E-state index in [4.69, 9.17) is 14.2 Å². The molecular weight excluding hydrogens is 344 g/mol. The maximum atomic E-state index is 10.7. The molecule has 0 unspecified atom stereocenters. The summed E-state index contributed by atoms with van der Waals surface area (Å²) < 4.78 is 15.2. The fourth-order valence-electron chi connectivity index (χ4n) is 1.77. The first-order valence-electron chi connectivity index (χ1n) is 6.35. The molecule has 0 aliphatic heterocycles. The first kappa shape index (κ1) is 19.3. The van der Waals surface area contributed by atoms with Gasteiger partial charge in [-0.15, -0.1) is 23.5 Å². The number of carboxylic acid groups (broad SMARTS) is 2. The van der Waals surface area contributed by atoms with Crippen molar-refractivity contribution < 1.29 is 34.0 Å². The number of hydrogen-bond donors (Lipinski definition) is 0. The molecule has 0 aliphatic rings. The molecule has 0 atom stereocenters. The molecule has 0 spiro atoms. The van der Waals surface area contributed by atoms with Crippen LogP contribution in [0.25, 0.3) is 0 Å². The summed E-state index contributed by atoms with van der Waals surface area (Å²) in [4.78, 5) is 21.4. The molecule has 1 aromatic carbocycles. The van der Waals surface area contributed by atoms with Crippen LogP contribution in [0.4, 0.5) is 0 Å². The van der Waals surface area contributed by atoms with Crippen molar-refractivity contribution >= 4 is 35.5 Å². The third-order valence-corrected chi connectivity index (χ3v) is 5.44. The van der Waals surface area contributed by atoms with E-state index in [1.807, 2.05) is 0 Å². The largest absolute Gasteiger partial charge is 0.549 e. The van der Waals surface area contributed by atoms with Gasteiger partial charge in [-0.2, -0.15) is 0 Å². The molecule has 128 valence electrons. The molecule has 0 radical (unpaired) electrons. The number of methoxy groups -OCH3 is 3. The fourth-order valence-corrected chi connectivity index (χ4v) is 3.79. The fraction of sp³-hybridized carbons (Fsp3) is 0.429. The number of rotatable bonds is 10. The summed E-state index contributed by atoms with van der Waals surface area (Å²) in [6, 6.07) is 3.30. The van der Waals surface area contributed by atoms with E-state index in [1.165, 1.54) is 21.3 Å². The Kier molecular flexibility index (Phi) is 7.90. The number of carbonyl (C=O) groups is 2. The minimum absolute atomic E-state index is 0.276. The molecule has 0 saturated heterocycles. The highest BCUT2D eigenvalue weighted by molar-refractivity contribution is 8.16. The van der Waals surface area contributed by atoms with Crippen LogP contribution >= 0.6 is 23.5 Å². The molecule has 0 aromatic heterocycles. The number of thioether (sulfide) groups is 2. The Labute approximate surface area is 142 Å². The van der Waals surface area contributed by atoms with Crippen molar-refractivity contribution in [2.75, 3.05) is 32.8 Å². The maximum Gasteiger partial charge on any atom is 0.203 e. The third-order valence-electron chi connectivity index (χ3n) is 2.66. The van der Waals surface area contributed by atoms with Crippen LogP contribution in [-0.4, -0.2) is 44.8 Å². The van der Waals surface area contributed by atoms with Crippen LogP contribution in [0.1, 0.15) is 10.1 Å². The molecule has 1 aromatic rings. The van der Waals surface area contributed by atoms with Gasteiger partial charge in [-0.3, -0.25) is 0 Å². The molecule has 0 bridgehead atoms. The summed E-state index contributed by atoms with van der Waals surface area (Å²) in [7, 11) is 4.38. The van der Waals surface area contributed by atoms with E-state index in [0.717, 1.165) is 23.5 Å². The van der Waals surface area contributed by atoms with Crippen LogP contribution < -0.4 is 24.4 Å². The first-order chi connectivity index (χ1) is 10.9. The Morgan fingerprint density at radius 3 is 1.70 bits per heavy atom. The number of hydrogen-bond acceptors (Lipinski definition) is 9. The highest BCUT2D eigenvalue weighted by atomic mass is 32.2. The second-order valence-corrected chi connectivity index (χ2v) is 6.64. The lowest BCUT2D eigenvalue weighted by Gasteiger charge is -2.20. The molecular formula is C14H16O7S2-2. The van der Waals surface area contributed by atoms with Crippen molar-refractivity contribution in [3.63, 3.8) is 0 Å². The van der Waals surface area contributed by atoms with Gasteiger partial charge in [-0.05, 0) is 17.7 Å². The first-order valence-corrected chi connectivity index (χ1v) is 8.45. The highest BCUT2D eigenvalue weighted by Gasteiger charge is 2.19. The van der Waals surface area contributed by atoms with Gasteiger partial charge in [0.05, 0.1) is 37.8 Å². The molecule has 7 nitrogen and oxygen atoms in total. The van der Waals surface area contributed by atoms with Gasteiger partial charge in [0.15, 0.2) is 11.5 Å². The Morgan fingerprint density at radius 1 is 0.957 bits per heavy atom. The third kappa shape index (κ3) is 5.76. The molecule has 0 saturated carbocycles. The Balaban J connectivity index is 3.16. The van der Waals surface area contributed by atoms with E-state index >= 15 is 0 Å². The molecule has 1 rings (SSSR count).